The molecule has 0 aliphatic carbocycles. The Balaban J connectivity index is 0.00000676. The lowest BCUT2D eigenvalue weighted by Gasteiger charge is -2.24. The average molecular weight is 404 g/mol. The maximum atomic E-state index is 12.3. The van der Waals surface area contributed by atoms with Crippen molar-refractivity contribution < 1.29 is 33.3 Å². The summed E-state index contributed by atoms with van der Waals surface area (Å²) in [5.41, 5.74) is 4.97. The number of esters is 2. The van der Waals surface area contributed by atoms with Crippen molar-refractivity contribution in [1.82, 2.24) is 0 Å². The molecule has 0 spiro atoms. The number of ketones is 1. The minimum absolute atomic E-state index is 0. The quantitative estimate of drug-likeness (QED) is 0.377. The highest BCUT2D eigenvalue weighted by molar-refractivity contribution is 5.97. The largest absolute Gasteiger partial charge is 0.464 e. The summed E-state index contributed by atoms with van der Waals surface area (Å²) >= 11 is 0. The molecule has 0 bridgehead atoms. The van der Waals surface area contributed by atoms with Gasteiger partial charge in [-0.05, 0) is 52.0 Å². The highest BCUT2D eigenvalue weighted by atomic mass is 35.5. The van der Waals surface area contributed by atoms with Crippen molar-refractivity contribution in [3.05, 3.63) is 29.8 Å². The summed E-state index contributed by atoms with van der Waals surface area (Å²) in [6.07, 6.45) is -1.46. The van der Waals surface area contributed by atoms with E-state index in [0.717, 1.165) is 0 Å². The number of benzene rings is 1. The first-order valence-corrected chi connectivity index (χ1v) is 8.16. The lowest BCUT2D eigenvalue weighted by Crippen LogP contribution is -2.38. The fraction of sp³-hybridized carbons (Fsp3) is 0.500. The third kappa shape index (κ3) is 9.37. The third-order valence-electron chi connectivity index (χ3n) is 2.86. The Labute approximate surface area is 164 Å². The second-order valence-corrected chi connectivity index (χ2v) is 6.25. The molecule has 1 rings (SSSR count). The zero-order valence-electron chi connectivity index (χ0n) is 15.9. The van der Waals surface area contributed by atoms with E-state index >= 15 is 0 Å². The Bertz CT molecular complexity index is 626. The number of ether oxygens (including phenoxy) is 4. The van der Waals surface area contributed by atoms with Crippen molar-refractivity contribution >= 4 is 30.1 Å². The molecule has 9 heteroatoms. The normalized spacial score (nSPS) is 11.7. The van der Waals surface area contributed by atoms with E-state index in [9.17, 15) is 14.4 Å². The van der Waals surface area contributed by atoms with E-state index < -0.39 is 30.4 Å². The van der Waals surface area contributed by atoms with Crippen molar-refractivity contribution in [3.8, 4) is 5.75 Å². The van der Waals surface area contributed by atoms with Crippen LogP contribution >= 0.6 is 12.4 Å². The second kappa shape index (κ2) is 11.5. The second-order valence-electron chi connectivity index (χ2n) is 6.25. The van der Waals surface area contributed by atoms with Crippen LogP contribution in [0.2, 0.25) is 0 Å². The van der Waals surface area contributed by atoms with Crippen LogP contribution in [0, 0.1) is 0 Å². The zero-order valence-corrected chi connectivity index (χ0v) is 16.7. The van der Waals surface area contributed by atoms with Gasteiger partial charge in [0.05, 0.1) is 13.2 Å². The summed E-state index contributed by atoms with van der Waals surface area (Å²) in [7, 11) is 0. The molecule has 27 heavy (non-hydrogen) atoms. The minimum atomic E-state index is -1.46. The molecule has 152 valence electrons. The van der Waals surface area contributed by atoms with Gasteiger partial charge in [-0.15, -0.1) is 12.4 Å². The number of rotatable bonds is 9. The summed E-state index contributed by atoms with van der Waals surface area (Å²) in [4.78, 5) is 35.3. The van der Waals surface area contributed by atoms with Crippen LogP contribution in [0.3, 0.4) is 0 Å². The van der Waals surface area contributed by atoms with Crippen LogP contribution in [-0.4, -0.2) is 49.4 Å². The Hall–Kier alpha value is -2.16. The van der Waals surface area contributed by atoms with Gasteiger partial charge in [0.25, 0.3) is 6.29 Å². The molecule has 0 aliphatic heterocycles. The number of hydrogen-bond donors (Lipinski definition) is 1. The molecule has 8 nitrogen and oxygen atoms in total. The highest BCUT2D eigenvalue weighted by Crippen LogP contribution is 2.17. The smallest absolute Gasteiger partial charge is 0.376 e. The first kappa shape index (κ1) is 24.8. The number of halogens is 1. The van der Waals surface area contributed by atoms with Crippen LogP contribution in [-0.2, 0) is 23.8 Å². The molecule has 2 N–H and O–H groups in total. The molecular weight excluding hydrogens is 378 g/mol. The summed E-state index contributed by atoms with van der Waals surface area (Å²) in [5.74, 6) is -1.38. The van der Waals surface area contributed by atoms with Crippen molar-refractivity contribution in [2.24, 2.45) is 5.73 Å². The first-order chi connectivity index (χ1) is 12.2. The van der Waals surface area contributed by atoms with Gasteiger partial charge in [-0.1, -0.05) is 0 Å². The molecule has 1 unspecified atom stereocenters. The summed E-state index contributed by atoms with van der Waals surface area (Å²) in [5, 5.41) is 0. The fourth-order valence-corrected chi connectivity index (χ4v) is 1.81. The van der Waals surface area contributed by atoms with Crippen LogP contribution < -0.4 is 10.5 Å². The van der Waals surface area contributed by atoms with Crippen molar-refractivity contribution in [2.75, 3.05) is 19.8 Å². The molecule has 0 aromatic heterocycles. The van der Waals surface area contributed by atoms with E-state index in [4.69, 9.17) is 24.7 Å². The number of Topliss-reactive ketones (excluding diaryl/α,β-unsaturated/α-hetero) is 1. The van der Waals surface area contributed by atoms with Gasteiger partial charge in [-0.25, -0.2) is 9.59 Å². The van der Waals surface area contributed by atoms with E-state index in [1.165, 1.54) is 24.3 Å². The molecular formula is C18H26ClNO7. The molecule has 0 fully saturated rings. The summed E-state index contributed by atoms with van der Waals surface area (Å²) in [6.45, 7) is 6.35. The Morgan fingerprint density at radius 3 is 2.19 bits per heavy atom. The van der Waals surface area contributed by atoms with E-state index in [2.05, 4.69) is 0 Å². The van der Waals surface area contributed by atoms with Crippen molar-refractivity contribution in [3.63, 3.8) is 0 Å². The minimum Gasteiger partial charge on any atom is -0.464 e. The topological polar surface area (TPSA) is 114 Å². The van der Waals surface area contributed by atoms with E-state index in [1.54, 1.807) is 27.7 Å². The molecule has 0 saturated heterocycles. The molecule has 1 aromatic rings. The first-order valence-electron chi connectivity index (χ1n) is 8.16. The van der Waals surface area contributed by atoms with Gasteiger partial charge in [0.1, 0.15) is 18.0 Å². The maximum absolute atomic E-state index is 12.3. The molecule has 1 aromatic carbocycles. The van der Waals surface area contributed by atoms with Crippen molar-refractivity contribution in [2.45, 2.75) is 39.6 Å². The number of carbonyl (C=O) groups is 3. The molecule has 0 aliphatic rings. The Kier molecular flexibility index (Phi) is 10.6. The zero-order chi connectivity index (χ0) is 19.7. The van der Waals surface area contributed by atoms with Gasteiger partial charge < -0.3 is 24.7 Å². The van der Waals surface area contributed by atoms with Gasteiger partial charge in [0.2, 0.25) is 0 Å². The molecule has 1 atom stereocenters. The maximum Gasteiger partial charge on any atom is 0.376 e. The number of hydrogen-bond acceptors (Lipinski definition) is 8. The average Bonchev–Trinajstić information content (AvgIpc) is 2.57. The van der Waals surface area contributed by atoms with Crippen LogP contribution in [0.1, 0.15) is 38.1 Å². The van der Waals surface area contributed by atoms with Crippen molar-refractivity contribution in [1.29, 1.82) is 0 Å². The predicted octanol–water partition coefficient (Wildman–Crippen LogP) is 1.88. The van der Waals surface area contributed by atoms with Gasteiger partial charge in [-0.3, -0.25) is 4.79 Å². The number of nitrogens with two attached hydrogens (primary N) is 1. The Morgan fingerprint density at radius 2 is 1.70 bits per heavy atom. The predicted molar refractivity (Wildman–Crippen MR) is 99.9 cm³/mol. The standard InChI is InChI=1S/C18H25NO7.ClH/c1-5-23-15(21)11-24-17(16(22)26-18(2,3)4)25-13-8-6-12(7-9-13)14(20)10-19;/h6-9,17H,5,10-11,19H2,1-4H3;1H. The summed E-state index contributed by atoms with van der Waals surface area (Å²) < 4.78 is 20.7. The van der Waals surface area contributed by atoms with E-state index in [-0.39, 0.29) is 37.1 Å². The third-order valence-corrected chi connectivity index (χ3v) is 2.86. The van der Waals surface area contributed by atoms with Gasteiger partial charge in [0, 0.05) is 5.56 Å². The highest BCUT2D eigenvalue weighted by Gasteiger charge is 2.28. The molecule has 0 radical (unpaired) electrons. The molecule has 0 heterocycles. The van der Waals surface area contributed by atoms with Gasteiger partial charge in [-0.2, -0.15) is 0 Å². The lowest BCUT2D eigenvalue weighted by molar-refractivity contribution is -0.191. The van der Waals surface area contributed by atoms with Crippen LogP contribution in [0.15, 0.2) is 24.3 Å². The molecule has 0 amide bonds. The van der Waals surface area contributed by atoms with Crippen LogP contribution in [0.25, 0.3) is 0 Å². The Morgan fingerprint density at radius 1 is 1.11 bits per heavy atom. The summed E-state index contributed by atoms with van der Waals surface area (Å²) in [6, 6.07) is 6.02. The lowest BCUT2D eigenvalue weighted by atomic mass is 10.1. The number of carbonyl (C=O) groups excluding carboxylic acids is 3. The van der Waals surface area contributed by atoms with E-state index in [1.807, 2.05) is 0 Å². The monoisotopic (exact) mass is 403 g/mol. The van der Waals surface area contributed by atoms with Gasteiger partial charge in [0.15, 0.2) is 5.78 Å². The van der Waals surface area contributed by atoms with Gasteiger partial charge >= 0.3 is 11.9 Å². The van der Waals surface area contributed by atoms with Crippen LogP contribution in [0.5, 0.6) is 5.75 Å². The SMILES string of the molecule is CCOC(=O)COC(Oc1ccc(C(=O)CN)cc1)C(=O)OC(C)(C)C.Cl. The molecule has 0 saturated carbocycles. The van der Waals surface area contributed by atoms with E-state index in [0.29, 0.717) is 5.56 Å². The van der Waals surface area contributed by atoms with Crippen LogP contribution in [0.4, 0.5) is 0 Å². The fourth-order valence-electron chi connectivity index (χ4n) is 1.81.